The highest BCUT2D eigenvalue weighted by molar-refractivity contribution is 6.31. The maximum atomic E-state index is 11.1. The standard InChI is InChI=1S/C15H10Cl2O/c16-14-5-1-11(2-6-14)9-13(10-18)12-3-7-15(17)8-4-12/h1-10H/b13-9-. The number of hydrogen-bond acceptors (Lipinski definition) is 1. The van der Waals surface area contributed by atoms with Crippen molar-refractivity contribution in [2.75, 3.05) is 0 Å². The van der Waals surface area contributed by atoms with Crippen LogP contribution in [0, 0.1) is 0 Å². The fourth-order valence-electron chi connectivity index (χ4n) is 1.57. The van der Waals surface area contributed by atoms with Gasteiger partial charge in [0, 0.05) is 15.6 Å². The van der Waals surface area contributed by atoms with E-state index in [1.165, 1.54) is 0 Å². The molecule has 1 nitrogen and oxygen atoms in total. The van der Waals surface area contributed by atoms with Crippen LogP contribution in [0.1, 0.15) is 11.1 Å². The van der Waals surface area contributed by atoms with Gasteiger partial charge < -0.3 is 0 Å². The molecule has 0 amide bonds. The Labute approximate surface area is 116 Å². The topological polar surface area (TPSA) is 17.1 Å². The quantitative estimate of drug-likeness (QED) is 0.450. The number of hydrogen-bond donors (Lipinski definition) is 0. The minimum Gasteiger partial charge on any atom is -0.298 e. The molecular weight excluding hydrogens is 267 g/mol. The molecule has 3 heteroatoms. The van der Waals surface area contributed by atoms with Crippen molar-refractivity contribution >= 4 is 41.1 Å². The Kier molecular flexibility index (Phi) is 4.19. The first-order valence-electron chi connectivity index (χ1n) is 5.37. The molecule has 18 heavy (non-hydrogen) atoms. The number of aldehydes is 1. The van der Waals surface area contributed by atoms with Crippen molar-refractivity contribution < 1.29 is 4.79 Å². The van der Waals surface area contributed by atoms with Gasteiger partial charge in [-0.3, -0.25) is 4.79 Å². The van der Waals surface area contributed by atoms with Crippen molar-refractivity contribution in [2.24, 2.45) is 0 Å². The minimum atomic E-state index is 0.606. The third kappa shape index (κ3) is 3.22. The SMILES string of the molecule is O=C/C(=C/c1ccc(Cl)cc1)c1ccc(Cl)cc1. The molecule has 0 bridgehead atoms. The van der Waals surface area contributed by atoms with Gasteiger partial charge in [0.05, 0.1) is 0 Å². The van der Waals surface area contributed by atoms with E-state index in [2.05, 4.69) is 0 Å². The maximum Gasteiger partial charge on any atom is 0.150 e. The monoisotopic (exact) mass is 276 g/mol. The van der Waals surface area contributed by atoms with E-state index in [-0.39, 0.29) is 0 Å². The fraction of sp³-hybridized carbons (Fsp3) is 0. The van der Waals surface area contributed by atoms with Crippen molar-refractivity contribution in [1.82, 2.24) is 0 Å². The summed E-state index contributed by atoms with van der Waals surface area (Å²) in [5.41, 5.74) is 2.37. The molecule has 0 aliphatic rings. The third-order valence-electron chi connectivity index (χ3n) is 2.50. The summed E-state index contributed by atoms with van der Waals surface area (Å²) >= 11 is 11.6. The highest BCUT2D eigenvalue weighted by Crippen LogP contribution is 2.19. The summed E-state index contributed by atoms with van der Waals surface area (Å²) in [6, 6.07) is 14.5. The number of carbonyl (C=O) groups excluding carboxylic acids is 1. The second-order valence-corrected chi connectivity index (χ2v) is 4.65. The lowest BCUT2D eigenvalue weighted by molar-refractivity contribution is -0.103. The van der Waals surface area contributed by atoms with Crippen LogP contribution in [0.5, 0.6) is 0 Å². The molecule has 0 heterocycles. The van der Waals surface area contributed by atoms with Crippen LogP contribution in [-0.2, 0) is 4.79 Å². The summed E-state index contributed by atoms with van der Waals surface area (Å²) in [6.45, 7) is 0. The lowest BCUT2D eigenvalue weighted by Gasteiger charge is -2.01. The summed E-state index contributed by atoms with van der Waals surface area (Å²) in [5.74, 6) is 0. The Bertz CT molecular complexity index is 568. The van der Waals surface area contributed by atoms with Crippen LogP contribution < -0.4 is 0 Å². The smallest absolute Gasteiger partial charge is 0.150 e. The Morgan fingerprint density at radius 2 is 1.33 bits per heavy atom. The zero-order valence-corrected chi connectivity index (χ0v) is 10.9. The van der Waals surface area contributed by atoms with Crippen LogP contribution in [-0.4, -0.2) is 6.29 Å². The first-order chi connectivity index (χ1) is 8.69. The zero-order chi connectivity index (χ0) is 13.0. The predicted octanol–water partition coefficient (Wildman–Crippen LogP) is 4.73. The second kappa shape index (κ2) is 5.85. The van der Waals surface area contributed by atoms with Crippen LogP contribution in [0.2, 0.25) is 10.0 Å². The average molecular weight is 277 g/mol. The number of benzene rings is 2. The largest absolute Gasteiger partial charge is 0.298 e. The van der Waals surface area contributed by atoms with Crippen molar-refractivity contribution in [3.05, 3.63) is 69.7 Å². The Morgan fingerprint density at radius 1 is 0.833 bits per heavy atom. The summed E-state index contributed by atoms with van der Waals surface area (Å²) < 4.78 is 0. The van der Waals surface area contributed by atoms with Crippen LogP contribution >= 0.6 is 23.2 Å². The van der Waals surface area contributed by atoms with Gasteiger partial charge >= 0.3 is 0 Å². The van der Waals surface area contributed by atoms with Gasteiger partial charge in [-0.05, 0) is 41.5 Å². The average Bonchev–Trinajstić information content (AvgIpc) is 2.39. The fourth-order valence-corrected chi connectivity index (χ4v) is 1.82. The normalized spacial score (nSPS) is 11.3. The molecule has 0 spiro atoms. The van der Waals surface area contributed by atoms with E-state index >= 15 is 0 Å². The second-order valence-electron chi connectivity index (χ2n) is 3.78. The van der Waals surface area contributed by atoms with Crippen LogP contribution in [0.4, 0.5) is 0 Å². The van der Waals surface area contributed by atoms with Crippen molar-refractivity contribution in [1.29, 1.82) is 0 Å². The predicted molar refractivity (Wildman–Crippen MR) is 76.8 cm³/mol. The first-order valence-corrected chi connectivity index (χ1v) is 6.13. The van der Waals surface area contributed by atoms with E-state index in [0.29, 0.717) is 15.6 Å². The van der Waals surface area contributed by atoms with Crippen LogP contribution in [0.25, 0.3) is 11.6 Å². The van der Waals surface area contributed by atoms with Crippen LogP contribution in [0.15, 0.2) is 48.5 Å². The number of allylic oxidation sites excluding steroid dienone is 1. The molecule has 0 saturated heterocycles. The van der Waals surface area contributed by atoms with E-state index < -0.39 is 0 Å². The number of carbonyl (C=O) groups is 1. The van der Waals surface area contributed by atoms with Gasteiger partial charge in [0.1, 0.15) is 0 Å². The Balaban J connectivity index is 2.36. The molecule has 2 aromatic rings. The highest BCUT2D eigenvalue weighted by Gasteiger charge is 2.00. The molecule has 0 aliphatic carbocycles. The zero-order valence-electron chi connectivity index (χ0n) is 9.44. The summed E-state index contributed by atoms with van der Waals surface area (Å²) in [5, 5.41) is 1.32. The third-order valence-corrected chi connectivity index (χ3v) is 3.00. The van der Waals surface area contributed by atoms with Crippen molar-refractivity contribution in [3.8, 4) is 0 Å². The molecule has 2 aromatic carbocycles. The lowest BCUT2D eigenvalue weighted by Crippen LogP contribution is -1.85. The molecule has 0 unspecified atom stereocenters. The number of rotatable bonds is 3. The summed E-state index contributed by atoms with van der Waals surface area (Å²) in [6.07, 6.45) is 2.64. The van der Waals surface area contributed by atoms with Gasteiger partial charge in [-0.25, -0.2) is 0 Å². The molecule has 0 aliphatic heterocycles. The van der Waals surface area contributed by atoms with Crippen molar-refractivity contribution in [3.63, 3.8) is 0 Å². The van der Waals surface area contributed by atoms with E-state index in [0.717, 1.165) is 17.4 Å². The van der Waals surface area contributed by atoms with Gasteiger partial charge in [0.2, 0.25) is 0 Å². The molecule has 2 rings (SSSR count). The number of halogens is 2. The lowest BCUT2D eigenvalue weighted by atomic mass is 10.0. The van der Waals surface area contributed by atoms with Crippen molar-refractivity contribution in [2.45, 2.75) is 0 Å². The van der Waals surface area contributed by atoms with Gasteiger partial charge in [-0.15, -0.1) is 0 Å². The Morgan fingerprint density at radius 3 is 1.83 bits per heavy atom. The molecule has 90 valence electrons. The summed E-state index contributed by atoms with van der Waals surface area (Å²) in [7, 11) is 0. The van der Waals surface area contributed by atoms with Gasteiger partial charge in [0.25, 0.3) is 0 Å². The van der Waals surface area contributed by atoms with Crippen LogP contribution in [0.3, 0.4) is 0 Å². The van der Waals surface area contributed by atoms with Gasteiger partial charge in [-0.2, -0.15) is 0 Å². The maximum absolute atomic E-state index is 11.1. The van der Waals surface area contributed by atoms with E-state index in [4.69, 9.17) is 23.2 Å². The molecule has 0 saturated carbocycles. The van der Waals surface area contributed by atoms with Gasteiger partial charge in [-0.1, -0.05) is 47.5 Å². The van der Waals surface area contributed by atoms with E-state index in [1.54, 1.807) is 24.3 Å². The Hall–Kier alpha value is -1.57. The molecule has 0 N–H and O–H groups in total. The molecule has 0 atom stereocenters. The van der Waals surface area contributed by atoms with Gasteiger partial charge in [0.15, 0.2) is 6.29 Å². The minimum absolute atomic E-state index is 0.606. The van der Waals surface area contributed by atoms with E-state index in [9.17, 15) is 4.79 Å². The van der Waals surface area contributed by atoms with E-state index in [1.807, 2.05) is 30.3 Å². The molecule has 0 fully saturated rings. The molecule has 0 radical (unpaired) electrons. The molecule has 0 aromatic heterocycles. The first kappa shape index (κ1) is 12.9. The summed E-state index contributed by atoms with van der Waals surface area (Å²) in [4.78, 5) is 11.1. The highest BCUT2D eigenvalue weighted by atomic mass is 35.5. The molecular formula is C15H10Cl2O.